The van der Waals surface area contributed by atoms with E-state index in [0.29, 0.717) is 17.4 Å². The molecule has 0 aliphatic carbocycles. The lowest BCUT2D eigenvalue weighted by atomic mass is 10.0. The number of aromatic hydroxyl groups is 1. The van der Waals surface area contributed by atoms with Gasteiger partial charge in [0.1, 0.15) is 5.75 Å². The molecule has 0 radical (unpaired) electrons. The molecular weight excluding hydrogens is 216 g/mol. The molecule has 84 valence electrons. The molecule has 3 nitrogen and oxygen atoms in total. The van der Waals surface area contributed by atoms with Gasteiger partial charge >= 0.3 is 0 Å². The summed E-state index contributed by atoms with van der Waals surface area (Å²) in [5.41, 5.74) is 1.05. The van der Waals surface area contributed by atoms with E-state index in [1.54, 1.807) is 24.3 Å². The number of carbonyl (C=O) groups excluding carboxylic acids is 2. The smallest absolute Gasteiger partial charge is 0.193 e. The van der Waals surface area contributed by atoms with Crippen molar-refractivity contribution in [3.8, 4) is 5.75 Å². The second-order valence-electron chi connectivity index (χ2n) is 3.59. The zero-order chi connectivity index (χ0) is 12.3. The number of phenolic OH excluding ortho intramolecular Hbond substituents is 1. The summed E-state index contributed by atoms with van der Waals surface area (Å²) in [6, 6.07) is 13.0. The third kappa shape index (κ3) is 2.23. The summed E-state index contributed by atoms with van der Waals surface area (Å²) >= 11 is 0. The summed E-state index contributed by atoms with van der Waals surface area (Å²) in [6.07, 6.45) is 0.525. The molecule has 0 fully saturated rings. The molecule has 0 unspecified atom stereocenters. The van der Waals surface area contributed by atoms with Crippen LogP contribution in [0.5, 0.6) is 5.75 Å². The van der Waals surface area contributed by atoms with Crippen LogP contribution in [0.3, 0.4) is 0 Å². The quantitative estimate of drug-likeness (QED) is 0.646. The minimum atomic E-state index is -0.172. The number of carbonyl (C=O) groups is 2. The van der Waals surface area contributed by atoms with Gasteiger partial charge in [-0.3, -0.25) is 9.59 Å². The molecule has 1 N–H and O–H groups in total. The molecule has 0 heterocycles. The maximum Gasteiger partial charge on any atom is 0.193 e. The van der Waals surface area contributed by atoms with E-state index in [9.17, 15) is 14.7 Å². The van der Waals surface area contributed by atoms with Crippen molar-refractivity contribution in [3.63, 3.8) is 0 Å². The van der Waals surface area contributed by atoms with E-state index in [1.807, 2.05) is 6.07 Å². The molecule has 0 aromatic heterocycles. The summed E-state index contributed by atoms with van der Waals surface area (Å²) in [4.78, 5) is 22.7. The van der Waals surface area contributed by atoms with Crippen molar-refractivity contribution in [2.45, 2.75) is 0 Å². The zero-order valence-corrected chi connectivity index (χ0v) is 8.96. The molecule has 2 aromatic rings. The number of ketones is 1. The van der Waals surface area contributed by atoms with Gasteiger partial charge in [-0.1, -0.05) is 30.3 Å². The molecule has 0 bridgehead atoms. The zero-order valence-electron chi connectivity index (χ0n) is 8.96. The predicted octanol–water partition coefficient (Wildman–Crippen LogP) is 2.44. The van der Waals surface area contributed by atoms with E-state index < -0.39 is 0 Å². The molecule has 17 heavy (non-hydrogen) atoms. The van der Waals surface area contributed by atoms with Crippen molar-refractivity contribution < 1.29 is 14.7 Å². The Bertz CT molecular complexity index is 559. The van der Waals surface area contributed by atoms with E-state index >= 15 is 0 Å². The highest BCUT2D eigenvalue weighted by Crippen LogP contribution is 2.18. The van der Waals surface area contributed by atoms with Crippen LogP contribution in [0.15, 0.2) is 48.5 Å². The first-order chi connectivity index (χ1) is 8.22. The van der Waals surface area contributed by atoms with E-state index in [-0.39, 0.29) is 17.1 Å². The Morgan fingerprint density at radius 2 is 1.71 bits per heavy atom. The monoisotopic (exact) mass is 226 g/mol. The van der Waals surface area contributed by atoms with E-state index in [0.717, 1.165) is 0 Å². The van der Waals surface area contributed by atoms with E-state index in [1.165, 1.54) is 18.2 Å². The van der Waals surface area contributed by atoms with Crippen LogP contribution in [0.2, 0.25) is 0 Å². The first-order valence-corrected chi connectivity index (χ1v) is 5.10. The Morgan fingerprint density at radius 1 is 1.00 bits per heavy atom. The van der Waals surface area contributed by atoms with Gasteiger partial charge in [-0.05, 0) is 18.2 Å². The van der Waals surface area contributed by atoms with E-state index in [4.69, 9.17) is 0 Å². The Kier molecular flexibility index (Phi) is 3.01. The van der Waals surface area contributed by atoms with Crippen molar-refractivity contribution in [1.29, 1.82) is 0 Å². The van der Waals surface area contributed by atoms with Crippen LogP contribution in [-0.2, 0) is 0 Å². The lowest BCUT2D eigenvalue weighted by molar-refractivity contribution is 0.103. The van der Waals surface area contributed by atoms with Crippen LogP contribution in [0.4, 0.5) is 0 Å². The fourth-order valence-electron chi connectivity index (χ4n) is 1.55. The molecule has 2 rings (SSSR count). The van der Waals surface area contributed by atoms with Gasteiger partial charge in [0.25, 0.3) is 0 Å². The van der Waals surface area contributed by atoms with Crippen LogP contribution >= 0.6 is 0 Å². The molecular formula is C14H10O3. The number of aldehydes is 1. The standard InChI is InChI=1S/C14H10O3/c15-9-12-8-11(6-7-13(12)16)14(17)10-4-2-1-3-5-10/h1-9,16H. The van der Waals surface area contributed by atoms with Crippen molar-refractivity contribution in [2.24, 2.45) is 0 Å². The molecule has 0 atom stereocenters. The van der Waals surface area contributed by atoms with Gasteiger partial charge in [-0.15, -0.1) is 0 Å². The Labute approximate surface area is 98.3 Å². The average Bonchev–Trinajstić information content (AvgIpc) is 2.39. The fourth-order valence-corrected chi connectivity index (χ4v) is 1.55. The SMILES string of the molecule is O=Cc1cc(C(=O)c2ccccc2)ccc1O. The summed E-state index contributed by atoms with van der Waals surface area (Å²) in [5.74, 6) is -0.293. The van der Waals surface area contributed by atoms with Crippen molar-refractivity contribution >= 4 is 12.1 Å². The van der Waals surface area contributed by atoms with Crippen LogP contribution in [0.25, 0.3) is 0 Å². The first kappa shape index (κ1) is 11.1. The van der Waals surface area contributed by atoms with Gasteiger partial charge in [0, 0.05) is 11.1 Å². The van der Waals surface area contributed by atoms with Crippen molar-refractivity contribution in [1.82, 2.24) is 0 Å². The molecule has 0 aliphatic heterocycles. The number of benzene rings is 2. The summed E-state index contributed by atoms with van der Waals surface area (Å²) in [5, 5.41) is 9.34. The summed E-state index contributed by atoms with van der Waals surface area (Å²) in [6.45, 7) is 0. The number of hydrogen-bond acceptors (Lipinski definition) is 3. The van der Waals surface area contributed by atoms with Gasteiger partial charge in [-0.25, -0.2) is 0 Å². The number of rotatable bonds is 3. The van der Waals surface area contributed by atoms with Crippen molar-refractivity contribution in [3.05, 3.63) is 65.2 Å². The molecule has 0 amide bonds. The predicted molar refractivity (Wildman–Crippen MR) is 63.4 cm³/mol. The highest BCUT2D eigenvalue weighted by Gasteiger charge is 2.10. The topological polar surface area (TPSA) is 54.4 Å². The fraction of sp³-hybridized carbons (Fsp3) is 0. The molecule has 2 aromatic carbocycles. The lowest BCUT2D eigenvalue weighted by Gasteiger charge is -2.03. The Hall–Kier alpha value is -2.42. The Morgan fingerprint density at radius 3 is 2.35 bits per heavy atom. The van der Waals surface area contributed by atoms with Gasteiger partial charge in [0.15, 0.2) is 12.1 Å². The lowest BCUT2D eigenvalue weighted by Crippen LogP contribution is -2.01. The van der Waals surface area contributed by atoms with Crippen LogP contribution < -0.4 is 0 Å². The van der Waals surface area contributed by atoms with Gasteiger partial charge in [0.2, 0.25) is 0 Å². The van der Waals surface area contributed by atoms with Gasteiger partial charge < -0.3 is 5.11 Å². The largest absolute Gasteiger partial charge is 0.507 e. The maximum atomic E-state index is 12.0. The van der Waals surface area contributed by atoms with E-state index in [2.05, 4.69) is 0 Å². The molecule has 0 spiro atoms. The van der Waals surface area contributed by atoms with Crippen LogP contribution in [-0.4, -0.2) is 17.2 Å². The average molecular weight is 226 g/mol. The minimum absolute atomic E-state index is 0.117. The van der Waals surface area contributed by atoms with Crippen molar-refractivity contribution in [2.75, 3.05) is 0 Å². The second-order valence-corrected chi connectivity index (χ2v) is 3.59. The van der Waals surface area contributed by atoms with Crippen LogP contribution in [0.1, 0.15) is 26.3 Å². The number of phenols is 1. The highest BCUT2D eigenvalue weighted by molar-refractivity contribution is 6.09. The molecule has 0 saturated heterocycles. The number of hydrogen-bond donors (Lipinski definition) is 1. The summed E-state index contributed by atoms with van der Waals surface area (Å²) in [7, 11) is 0. The normalized spacial score (nSPS) is 9.88. The molecule has 3 heteroatoms. The maximum absolute atomic E-state index is 12.0. The third-order valence-corrected chi connectivity index (χ3v) is 2.45. The Balaban J connectivity index is 2.42. The first-order valence-electron chi connectivity index (χ1n) is 5.10. The highest BCUT2D eigenvalue weighted by atomic mass is 16.3. The third-order valence-electron chi connectivity index (χ3n) is 2.45. The molecule has 0 saturated carbocycles. The summed E-state index contributed by atoms with van der Waals surface area (Å²) < 4.78 is 0. The minimum Gasteiger partial charge on any atom is -0.507 e. The second kappa shape index (κ2) is 4.61. The van der Waals surface area contributed by atoms with Gasteiger partial charge in [-0.2, -0.15) is 0 Å². The van der Waals surface area contributed by atoms with Crippen LogP contribution in [0, 0.1) is 0 Å². The van der Waals surface area contributed by atoms with Gasteiger partial charge in [0.05, 0.1) is 5.56 Å². The molecule has 0 aliphatic rings.